The lowest BCUT2D eigenvalue weighted by molar-refractivity contribution is -0.156. The summed E-state index contributed by atoms with van der Waals surface area (Å²) in [6.45, 7) is 3.99. The first kappa shape index (κ1) is 10.5. The molecule has 1 rings (SSSR count). The maximum atomic E-state index is 11.0. The van der Waals surface area contributed by atoms with Crippen LogP contribution < -0.4 is 0 Å². The molecule has 0 aromatic carbocycles. The summed E-state index contributed by atoms with van der Waals surface area (Å²) in [4.78, 5) is 11.0. The molecule has 0 amide bonds. The van der Waals surface area contributed by atoms with E-state index in [0.29, 0.717) is 24.7 Å². The van der Waals surface area contributed by atoms with E-state index in [1.807, 2.05) is 0 Å². The van der Waals surface area contributed by atoms with Crippen molar-refractivity contribution >= 4 is 5.97 Å². The van der Waals surface area contributed by atoms with Gasteiger partial charge in [0.15, 0.2) is 0 Å². The van der Waals surface area contributed by atoms with Gasteiger partial charge in [-0.05, 0) is 31.1 Å². The lowest BCUT2D eigenvalue weighted by Gasteiger charge is -2.38. The van der Waals surface area contributed by atoms with Gasteiger partial charge in [-0.3, -0.25) is 4.79 Å². The maximum absolute atomic E-state index is 11.0. The van der Waals surface area contributed by atoms with Gasteiger partial charge in [0, 0.05) is 0 Å². The number of hydrogen-bond donors (Lipinski definition) is 2. The number of carboxylic acids is 1. The van der Waals surface area contributed by atoms with Gasteiger partial charge in [-0.2, -0.15) is 0 Å². The molecule has 3 atom stereocenters. The molecule has 13 heavy (non-hydrogen) atoms. The zero-order valence-electron chi connectivity index (χ0n) is 8.29. The molecule has 2 N–H and O–H groups in total. The van der Waals surface area contributed by atoms with Crippen molar-refractivity contribution in [3.05, 3.63) is 0 Å². The molecule has 1 saturated carbocycles. The van der Waals surface area contributed by atoms with Crippen LogP contribution in [0.2, 0.25) is 0 Å². The van der Waals surface area contributed by atoms with E-state index in [4.69, 9.17) is 10.2 Å². The van der Waals surface area contributed by atoms with Gasteiger partial charge in [-0.25, -0.2) is 0 Å². The topological polar surface area (TPSA) is 57.5 Å². The van der Waals surface area contributed by atoms with Crippen molar-refractivity contribution in [1.82, 2.24) is 0 Å². The third-order valence-corrected chi connectivity index (χ3v) is 3.52. The molecule has 1 aliphatic carbocycles. The van der Waals surface area contributed by atoms with Crippen LogP contribution in [0.4, 0.5) is 0 Å². The lowest BCUT2D eigenvalue weighted by Crippen LogP contribution is -2.41. The van der Waals surface area contributed by atoms with E-state index in [2.05, 4.69) is 13.8 Å². The third-order valence-electron chi connectivity index (χ3n) is 3.52. The highest BCUT2D eigenvalue weighted by atomic mass is 16.4. The van der Waals surface area contributed by atoms with Crippen molar-refractivity contribution in [3.63, 3.8) is 0 Å². The Morgan fingerprint density at radius 3 is 2.46 bits per heavy atom. The summed E-state index contributed by atoms with van der Waals surface area (Å²) in [5.74, 6) is 0.143. The summed E-state index contributed by atoms with van der Waals surface area (Å²) in [5.41, 5.74) is -0.855. The van der Waals surface area contributed by atoms with Crippen LogP contribution in [0.15, 0.2) is 0 Å². The summed E-state index contributed by atoms with van der Waals surface area (Å²) >= 11 is 0. The molecule has 0 aliphatic heterocycles. The van der Waals surface area contributed by atoms with Gasteiger partial charge in [-0.1, -0.05) is 13.8 Å². The number of aliphatic hydroxyl groups is 1. The smallest absolute Gasteiger partial charge is 0.311 e. The number of aliphatic hydroxyl groups excluding tert-OH is 1. The fourth-order valence-corrected chi connectivity index (χ4v) is 2.11. The normalized spacial score (nSPS) is 40.2. The van der Waals surface area contributed by atoms with Crippen LogP contribution in [0, 0.1) is 17.3 Å². The Balaban J connectivity index is 2.74. The van der Waals surface area contributed by atoms with Crippen LogP contribution in [0.1, 0.15) is 33.1 Å². The molecular formula is C10H18O3. The second-order valence-electron chi connectivity index (χ2n) is 4.44. The fourth-order valence-electron chi connectivity index (χ4n) is 2.11. The molecule has 76 valence electrons. The molecule has 0 spiro atoms. The summed E-state index contributed by atoms with van der Waals surface area (Å²) in [5, 5.41) is 18.2. The SMILES string of the molecule is CC1CCC(CO)(C(=O)O)CC1C. The molecule has 1 aliphatic rings. The van der Waals surface area contributed by atoms with Crippen molar-refractivity contribution in [2.24, 2.45) is 17.3 Å². The van der Waals surface area contributed by atoms with Gasteiger partial charge in [0.05, 0.1) is 12.0 Å². The highest BCUT2D eigenvalue weighted by molar-refractivity contribution is 5.74. The second-order valence-corrected chi connectivity index (χ2v) is 4.44. The highest BCUT2D eigenvalue weighted by Crippen LogP contribution is 2.41. The largest absolute Gasteiger partial charge is 0.481 e. The molecule has 0 aromatic heterocycles. The number of rotatable bonds is 2. The Morgan fingerprint density at radius 2 is 2.08 bits per heavy atom. The number of aliphatic carboxylic acids is 1. The Labute approximate surface area is 78.8 Å². The molecule has 3 nitrogen and oxygen atoms in total. The second kappa shape index (κ2) is 3.66. The molecule has 0 saturated heterocycles. The van der Waals surface area contributed by atoms with E-state index in [1.165, 1.54) is 0 Å². The average Bonchev–Trinajstić information content (AvgIpc) is 2.09. The zero-order chi connectivity index (χ0) is 10.1. The maximum Gasteiger partial charge on any atom is 0.311 e. The van der Waals surface area contributed by atoms with Crippen molar-refractivity contribution in [2.75, 3.05) is 6.61 Å². The minimum atomic E-state index is -0.855. The molecule has 3 heteroatoms. The molecule has 0 radical (unpaired) electrons. The molecular weight excluding hydrogens is 168 g/mol. The summed E-state index contributed by atoms with van der Waals surface area (Å²) in [6.07, 6.45) is 2.14. The van der Waals surface area contributed by atoms with Gasteiger partial charge in [0.2, 0.25) is 0 Å². The van der Waals surface area contributed by atoms with Crippen molar-refractivity contribution in [2.45, 2.75) is 33.1 Å². The van der Waals surface area contributed by atoms with Gasteiger partial charge in [0.1, 0.15) is 0 Å². The van der Waals surface area contributed by atoms with Gasteiger partial charge in [0.25, 0.3) is 0 Å². The van der Waals surface area contributed by atoms with Crippen LogP contribution >= 0.6 is 0 Å². The predicted octanol–water partition coefficient (Wildman–Crippen LogP) is 1.51. The summed E-state index contributed by atoms with van der Waals surface area (Å²) < 4.78 is 0. The molecule has 1 fully saturated rings. The fraction of sp³-hybridized carbons (Fsp3) is 0.900. The standard InChI is InChI=1S/C10H18O3/c1-7-3-4-10(6-11,9(12)13)5-8(7)2/h7-8,11H,3-6H2,1-2H3,(H,12,13). The molecule has 0 heterocycles. The highest BCUT2D eigenvalue weighted by Gasteiger charge is 2.43. The van der Waals surface area contributed by atoms with Crippen molar-refractivity contribution in [3.8, 4) is 0 Å². The Hall–Kier alpha value is -0.570. The van der Waals surface area contributed by atoms with E-state index in [0.717, 1.165) is 6.42 Å². The van der Waals surface area contributed by atoms with E-state index >= 15 is 0 Å². The van der Waals surface area contributed by atoms with Crippen LogP contribution in [0.25, 0.3) is 0 Å². The van der Waals surface area contributed by atoms with Gasteiger partial charge < -0.3 is 10.2 Å². The number of carboxylic acid groups (broad SMARTS) is 1. The first-order valence-corrected chi connectivity index (χ1v) is 4.86. The quantitative estimate of drug-likeness (QED) is 0.687. The average molecular weight is 186 g/mol. The van der Waals surface area contributed by atoms with Crippen LogP contribution in [0.3, 0.4) is 0 Å². The van der Waals surface area contributed by atoms with Gasteiger partial charge in [-0.15, -0.1) is 0 Å². The van der Waals surface area contributed by atoms with E-state index in [1.54, 1.807) is 0 Å². The first-order valence-electron chi connectivity index (χ1n) is 4.86. The minimum Gasteiger partial charge on any atom is -0.481 e. The minimum absolute atomic E-state index is 0.223. The molecule has 0 aromatic rings. The van der Waals surface area contributed by atoms with Crippen LogP contribution in [-0.4, -0.2) is 22.8 Å². The Kier molecular flexibility index (Phi) is 2.96. The van der Waals surface area contributed by atoms with Crippen molar-refractivity contribution < 1.29 is 15.0 Å². The van der Waals surface area contributed by atoms with E-state index < -0.39 is 11.4 Å². The van der Waals surface area contributed by atoms with Crippen molar-refractivity contribution in [1.29, 1.82) is 0 Å². The van der Waals surface area contributed by atoms with Crippen LogP contribution in [0.5, 0.6) is 0 Å². The third kappa shape index (κ3) is 1.85. The monoisotopic (exact) mass is 186 g/mol. The zero-order valence-corrected chi connectivity index (χ0v) is 8.29. The Morgan fingerprint density at radius 1 is 1.46 bits per heavy atom. The first-order chi connectivity index (χ1) is 6.02. The summed E-state index contributed by atoms with van der Waals surface area (Å²) in [7, 11) is 0. The lowest BCUT2D eigenvalue weighted by atomic mass is 9.66. The van der Waals surface area contributed by atoms with E-state index in [-0.39, 0.29) is 6.61 Å². The predicted molar refractivity (Wildman–Crippen MR) is 49.3 cm³/mol. The summed E-state index contributed by atoms with van der Waals surface area (Å²) in [6, 6.07) is 0. The van der Waals surface area contributed by atoms with Gasteiger partial charge >= 0.3 is 5.97 Å². The van der Waals surface area contributed by atoms with Crippen LogP contribution in [-0.2, 0) is 4.79 Å². The Bertz CT molecular complexity index is 202. The molecule has 0 bridgehead atoms. The molecule has 3 unspecified atom stereocenters. The van der Waals surface area contributed by atoms with E-state index in [9.17, 15) is 4.79 Å². The number of carbonyl (C=O) groups is 1. The number of hydrogen-bond acceptors (Lipinski definition) is 2.